The maximum absolute atomic E-state index is 13.2. The summed E-state index contributed by atoms with van der Waals surface area (Å²) in [5.41, 5.74) is -0.140. The van der Waals surface area contributed by atoms with Crippen LogP contribution in [0.5, 0.6) is 0 Å². The van der Waals surface area contributed by atoms with Crippen LogP contribution in [0.1, 0.15) is 18.4 Å². The lowest BCUT2D eigenvalue weighted by Crippen LogP contribution is -2.40. The summed E-state index contributed by atoms with van der Waals surface area (Å²) in [5.74, 6) is -0.492. The van der Waals surface area contributed by atoms with Crippen LogP contribution in [0.15, 0.2) is 53.1 Å². The third-order valence-electron chi connectivity index (χ3n) is 4.56. The van der Waals surface area contributed by atoms with Gasteiger partial charge in [0, 0.05) is 10.6 Å². The van der Waals surface area contributed by atoms with Gasteiger partial charge in [-0.1, -0.05) is 28.9 Å². The second kappa shape index (κ2) is 6.72. The molecule has 2 aromatic carbocycles. The molecule has 3 amide bonds. The SMILES string of the molecule is CC1(c2ccc(F)cc2)NC(=O)N(Cc2nc(-c3ccc(Cl)cc3)no2)C1=O. The number of carbonyl (C=O) groups excluding carboxylic acids is 2. The molecular formula is C19H14ClFN4O3. The number of urea groups is 1. The molecule has 3 aromatic rings. The molecule has 0 bridgehead atoms. The van der Waals surface area contributed by atoms with Crippen LogP contribution in [0, 0.1) is 5.82 Å². The predicted molar refractivity (Wildman–Crippen MR) is 97.6 cm³/mol. The summed E-state index contributed by atoms with van der Waals surface area (Å²) in [4.78, 5) is 30.5. The number of hydrogen-bond acceptors (Lipinski definition) is 5. The fraction of sp³-hybridized carbons (Fsp3) is 0.158. The van der Waals surface area contributed by atoms with E-state index >= 15 is 0 Å². The van der Waals surface area contributed by atoms with Crippen molar-refractivity contribution in [3.05, 3.63) is 70.8 Å². The van der Waals surface area contributed by atoms with Crippen molar-refractivity contribution in [2.75, 3.05) is 0 Å². The van der Waals surface area contributed by atoms with Gasteiger partial charge in [0.1, 0.15) is 17.9 Å². The summed E-state index contributed by atoms with van der Waals surface area (Å²) in [5, 5.41) is 7.09. The molecule has 0 spiro atoms. The number of aromatic nitrogens is 2. The molecule has 1 saturated heterocycles. The Morgan fingerprint density at radius 1 is 1.14 bits per heavy atom. The van der Waals surface area contributed by atoms with E-state index in [1.165, 1.54) is 24.3 Å². The number of nitrogens with one attached hydrogen (secondary N) is 1. The minimum atomic E-state index is -1.30. The van der Waals surface area contributed by atoms with Gasteiger partial charge in [0.25, 0.3) is 5.91 Å². The summed E-state index contributed by atoms with van der Waals surface area (Å²) in [7, 11) is 0. The van der Waals surface area contributed by atoms with Gasteiger partial charge in [-0.05, 0) is 48.9 Å². The molecule has 0 aliphatic carbocycles. The molecule has 4 rings (SSSR count). The molecule has 1 fully saturated rings. The van der Waals surface area contributed by atoms with Gasteiger partial charge in [0.05, 0.1) is 0 Å². The van der Waals surface area contributed by atoms with Gasteiger partial charge in [0.2, 0.25) is 11.7 Å². The molecule has 7 nitrogen and oxygen atoms in total. The summed E-state index contributed by atoms with van der Waals surface area (Å²) < 4.78 is 18.4. The Labute approximate surface area is 164 Å². The van der Waals surface area contributed by atoms with Gasteiger partial charge in [0.15, 0.2) is 0 Å². The molecule has 1 unspecified atom stereocenters. The summed E-state index contributed by atoms with van der Waals surface area (Å²) in [6.45, 7) is 1.38. The Bertz CT molecular complexity index is 1050. The van der Waals surface area contributed by atoms with Crippen molar-refractivity contribution in [2.24, 2.45) is 0 Å². The first-order valence-electron chi connectivity index (χ1n) is 8.35. The topological polar surface area (TPSA) is 88.3 Å². The first-order valence-corrected chi connectivity index (χ1v) is 8.73. The fourth-order valence-corrected chi connectivity index (χ4v) is 3.12. The van der Waals surface area contributed by atoms with Crippen LogP contribution in [0.3, 0.4) is 0 Å². The number of carbonyl (C=O) groups is 2. The van der Waals surface area contributed by atoms with Gasteiger partial charge in [-0.2, -0.15) is 4.98 Å². The minimum absolute atomic E-state index is 0.108. The number of benzene rings is 2. The maximum atomic E-state index is 13.2. The van der Waals surface area contributed by atoms with Crippen LogP contribution in [-0.4, -0.2) is 27.0 Å². The molecule has 1 aromatic heterocycles. The molecule has 1 atom stereocenters. The average Bonchev–Trinajstić information content (AvgIpc) is 3.22. The summed E-state index contributed by atoms with van der Waals surface area (Å²) in [6, 6.07) is 11.6. The average molecular weight is 401 g/mol. The molecular weight excluding hydrogens is 387 g/mol. The normalized spacial score (nSPS) is 19.2. The molecule has 142 valence electrons. The standard InChI is InChI=1S/C19H14ClFN4O3/c1-19(12-4-8-14(21)9-5-12)17(26)25(18(27)23-19)10-15-22-16(24-28-15)11-2-6-13(20)7-3-11/h2-9H,10H2,1H3,(H,23,27). The van der Waals surface area contributed by atoms with Gasteiger partial charge in [-0.25, -0.2) is 9.18 Å². The van der Waals surface area contributed by atoms with Crippen molar-refractivity contribution < 1.29 is 18.5 Å². The highest BCUT2D eigenvalue weighted by atomic mass is 35.5. The second-order valence-corrected chi connectivity index (χ2v) is 6.91. The lowest BCUT2D eigenvalue weighted by Gasteiger charge is -2.21. The largest absolute Gasteiger partial charge is 0.337 e. The summed E-state index contributed by atoms with van der Waals surface area (Å²) in [6.07, 6.45) is 0. The van der Waals surface area contributed by atoms with Crippen molar-refractivity contribution in [3.8, 4) is 11.4 Å². The van der Waals surface area contributed by atoms with Crippen LogP contribution in [-0.2, 0) is 16.9 Å². The van der Waals surface area contributed by atoms with Gasteiger partial charge < -0.3 is 9.84 Å². The van der Waals surface area contributed by atoms with Crippen LogP contribution in [0.25, 0.3) is 11.4 Å². The van der Waals surface area contributed by atoms with E-state index < -0.39 is 23.3 Å². The Kier molecular flexibility index (Phi) is 4.35. The predicted octanol–water partition coefficient (Wildman–Crippen LogP) is 3.50. The van der Waals surface area contributed by atoms with Crippen molar-refractivity contribution in [1.29, 1.82) is 0 Å². The lowest BCUT2D eigenvalue weighted by atomic mass is 9.92. The van der Waals surface area contributed by atoms with E-state index in [0.717, 1.165) is 4.90 Å². The van der Waals surface area contributed by atoms with Crippen LogP contribution < -0.4 is 5.32 Å². The number of amides is 3. The van der Waals surface area contributed by atoms with Crippen molar-refractivity contribution in [2.45, 2.75) is 19.0 Å². The fourth-order valence-electron chi connectivity index (χ4n) is 2.99. The van der Waals surface area contributed by atoms with Crippen LogP contribution in [0.2, 0.25) is 5.02 Å². The summed E-state index contributed by atoms with van der Waals surface area (Å²) >= 11 is 5.86. The van der Waals surface area contributed by atoms with E-state index in [4.69, 9.17) is 16.1 Å². The van der Waals surface area contributed by atoms with Gasteiger partial charge in [-0.15, -0.1) is 0 Å². The Hall–Kier alpha value is -3.26. The molecule has 0 radical (unpaired) electrons. The molecule has 1 aliphatic heterocycles. The number of imide groups is 1. The smallest absolute Gasteiger partial charge is 0.325 e. The molecule has 9 heteroatoms. The van der Waals surface area contributed by atoms with E-state index in [-0.39, 0.29) is 12.4 Å². The second-order valence-electron chi connectivity index (χ2n) is 6.47. The monoisotopic (exact) mass is 400 g/mol. The van der Waals surface area contributed by atoms with Gasteiger partial charge >= 0.3 is 6.03 Å². The number of hydrogen-bond donors (Lipinski definition) is 1. The van der Waals surface area contributed by atoms with Crippen molar-refractivity contribution in [3.63, 3.8) is 0 Å². The zero-order valence-corrected chi connectivity index (χ0v) is 15.4. The third kappa shape index (κ3) is 3.11. The third-order valence-corrected chi connectivity index (χ3v) is 4.81. The molecule has 1 aliphatic rings. The molecule has 0 saturated carbocycles. The Balaban J connectivity index is 1.55. The molecule has 28 heavy (non-hydrogen) atoms. The Morgan fingerprint density at radius 2 is 1.82 bits per heavy atom. The number of nitrogens with zero attached hydrogens (tertiary/aromatic N) is 3. The van der Waals surface area contributed by atoms with E-state index in [2.05, 4.69) is 15.5 Å². The quantitative estimate of drug-likeness (QED) is 0.677. The van der Waals surface area contributed by atoms with Crippen LogP contribution >= 0.6 is 11.6 Å². The van der Waals surface area contributed by atoms with E-state index in [0.29, 0.717) is 22.0 Å². The first-order chi connectivity index (χ1) is 13.4. The van der Waals surface area contributed by atoms with E-state index in [1.54, 1.807) is 31.2 Å². The molecule has 1 N–H and O–H groups in total. The number of halogens is 2. The minimum Gasteiger partial charge on any atom is -0.337 e. The highest BCUT2D eigenvalue weighted by Gasteiger charge is 2.49. The Morgan fingerprint density at radius 3 is 2.50 bits per heavy atom. The number of rotatable bonds is 4. The zero-order valence-electron chi connectivity index (χ0n) is 14.6. The van der Waals surface area contributed by atoms with E-state index in [1.807, 2.05) is 0 Å². The highest BCUT2D eigenvalue weighted by Crippen LogP contribution is 2.30. The molecule has 2 heterocycles. The van der Waals surface area contributed by atoms with Crippen molar-refractivity contribution in [1.82, 2.24) is 20.4 Å². The highest BCUT2D eigenvalue weighted by molar-refractivity contribution is 6.30. The van der Waals surface area contributed by atoms with Gasteiger partial charge in [-0.3, -0.25) is 9.69 Å². The maximum Gasteiger partial charge on any atom is 0.325 e. The van der Waals surface area contributed by atoms with E-state index in [9.17, 15) is 14.0 Å². The first kappa shape index (κ1) is 18.1. The van der Waals surface area contributed by atoms with Crippen molar-refractivity contribution >= 4 is 23.5 Å². The lowest BCUT2D eigenvalue weighted by molar-refractivity contribution is -0.131. The zero-order chi connectivity index (χ0) is 19.9. The van der Waals surface area contributed by atoms with Crippen LogP contribution in [0.4, 0.5) is 9.18 Å².